The molecule has 6 rings (SSSR count). The van der Waals surface area contributed by atoms with Crippen LogP contribution in [0.2, 0.25) is 0 Å². The van der Waals surface area contributed by atoms with E-state index in [1.165, 1.54) is 11.9 Å². The number of aryl methyl sites for hydroxylation is 4. The number of rotatable bonds is 7. The van der Waals surface area contributed by atoms with Gasteiger partial charge in [-0.3, -0.25) is 19.2 Å². The van der Waals surface area contributed by atoms with Crippen LogP contribution in [0.3, 0.4) is 0 Å². The normalized spacial score (nSPS) is 11.4. The van der Waals surface area contributed by atoms with E-state index in [4.69, 9.17) is 10.7 Å². The van der Waals surface area contributed by atoms with Crippen molar-refractivity contribution in [2.75, 3.05) is 18.1 Å². The fraction of sp³-hybridized carbons (Fsp3) is 0.207. The number of aromatic nitrogens is 7. The summed E-state index contributed by atoms with van der Waals surface area (Å²) in [5, 5.41) is 9.80. The van der Waals surface area contributed by atoms with Crippen LogP contribution in [0.15, 0.2) is 67.5 Å². The molecule has 0 aliphatic heterocycles. The molecule has 0 saturated carbocycles. The fourth-order valence-corrected chi connectivity index (χ4v) is 4.94. The first-order valence-electron chi connectivity index (χ1n) is 12.7. The molecule has 5 aromatic heterocycles. The molecule has 0 atom stereocenters. The van der Waals surface area contributed by atoms with E-state index < -0.39 is 0 Å². The summed E-state index contributed by atoms with van der Waals surface area (Å²) in [6, 6.07) is 12.8. The first kappa shape index (κ1) is 23.6. The van der Waals surface area contributed by atoms with Crippen LogP contribution in [-0.4, -0.2) is 41.3 Å². The van der Waals surface area contributed by atoms with Gasteiger partial charge in [-0.1, -0.05) is 19.1 Å². The molecule has 9 nitrogen and oxygen atoms in total. The Kier molecular flexibility index (Phi) is 5.95. The van der Waals surface area contributed by atoms with E-state index in [0.717, 1.165) is 75.1 Å². The third kappa shape index (κ3) is 4.21. The molecule has 190 valence electrons. The van der Waals surface area contributed by atoms with Crippen LogP contribution >= 0.6 is 0 Å². The number of fused-ring (bicyclic) bond motifs is 2. The van der Waals surface area contributed by atoms with Gasteiger partial charge in [-0.15, -0.1) is 0 Å². The van der Waals surface area contributed by atoms with E-state index in [0.29, 0.717) is 5.82 Å². The monoisotopic (exact) mass is 503 g/mol. The molecule has 9 heteroatoms. The fourth-order valence-electron chi connectivity index (χ4n) is 4.94. The molecule has 0 saturated heterocycles. The van der Waals surface area contributed by atoms with Gasteiger partial charge in [0.1, 0.15) is 12.1 Å². The molecule has 3 N–H and O–H groups in total. The Morgan fingerprint density at radius 2 is 1.87 bits per heavy atom. The van der Waals surface area contributed by atoms with Crippen LogP contribution in [0.25, 0.3) is 38.9 Å². The van der Waals surface area contributed by atoms with Gasteiger partial charge in [0.15, 0.2) is 5.65 Å². The van der Waals surface area contributed by atoms with Gasteiger partial charge in [0.05, 0.1) is 28.5 Å². The highest BCUT2D eigenvalue weighted by Crippen LogP contribution is 2.33. The van der Waals surface area contributed by atoms with Crippen LogP contribution in [0.1, 0.15) is 23.7 Å². The molecule has 38 heavy (non-hydrogen) atoms. The van der Waals surface area contributed by atoms with Crippen molar-refractivity contribution >= 4 is 33.4 Å². The van der Waals surface area contributed by atoms with Crippen LogP contribution in [0.4, 0.5) is 11.5 Å². The highest BCUT2D eigenvalue weighted by Gasteiger charge is 2.18. The first-order chi connectivity index (χ1) is 18.5. The van der Waals surface area contributed by atoms with E-state index in [2.05, 4.69) is 62.6 Å². The summed E-state index contributed by atoms with van der Waals surface area (Å²) in [6.45, 7) is 2.13. The number of benzene rings is 1. The van der Waals surface area contributed by atoms with E-state index in [1.54, 1.807) is 4.68 Å². The smallest absolute Gasteiger partial charge is 0.150 e. The van der Waals surface area contributed by atoms with Crippen molar-refractivity contribution in [1.29, 1.82) is 0 Å². The molecule has 0 radical (unpaired) electrons. The number of nitrogen functional groups attached to an aromatic ring is 1. The van der Waals surface area contributed by atoms with Gasteiger partial charge in [-0.2, -0.15) is 5.10 Å². The average molecular weight is 504 g/mol. The Labute approximate surface area is 220 Å². The van der Waals surface area contributed by atoms with E-state index in [-0.39, 0.29) is 0 Å². The highest BCUT2D eigenvalue weighted by molar-refractivity contribution is 6.00. The quantitative estimate of drug-likeness (QED) is 0.324. The van der Waals surface area contributed by atoms with Crippen molar-refractivity contribution in [2.45, 2.75) is 26.2 Å². The Hall–Kier alpha value is -4.79. The molecule has 6 aromatic rings. The molecule has 0 bridgehead atoms. The van der Waals surface area contributed by atoms with Crippen LogP contribution < -0.4 is 11.1 Å². The number of anilines is 2. The lowest BCUT2D eigenvalue weighted by Gasteiger charge is -2.10. The maximum atomic E-state index is 6.29. The zero-order valence-corrected chi connectivity index (χ0v) is 21.7. The summed E-state index contributed by atoms with van der Waals surface area (Å²) in [6.07, 6.45) is 11.8. The van der Waals surface area contributed by atoms with Crippen LogP contribution in [0, 0.1) is 0 Å². The number of nitrogens with one attached hydrogen (secondary N) is 1. The molecule has 0 unspecified atom stereocenters. The van der Waals surface area contributed by atoms with Gasteiger partial charge < -0.3 is 11.1 Å². The number of nitrogens with two attached hydrogens (primary N) is 1. The lowest BCUT2D eigenvalue weighted by Crippen LogP contribution is -2.00. The molecular weight excluding hydrogens is 474 g/mol. The highest BCUT2D eigenvalue weighted by atomic mass is 15.2. The Balaban J connectivity index is 1.32. The molecule has 1 aromatic carbocycles. The Bertz CT molecular complexity index is 1780. The lowest BCUT2D eigenvalue weighted by molar-refractivity contribution is 0.771. The molecule has 0 aliphatic rings. The molecule has 5 heterocycles. The average Bonchev–Trinajstić information content (AvgIpc) is 3.55. The summed E-state index contributed by atoms with van der Waals surface area (Å²) < 4.78 is 3.78. The molecule has 0 aliphatic carbocycles. The maximum Gasteiger partial charge on any atom is 0.150 e. The minimum absolute atomic E-state index is 0.427. The van der Waals surface area contributed by atoms with E-state index in [9.17, 15) is 0 Å². The summed E-state index contributed by atoms with van der Waals surface area (Å²) in [7, 11) is 3.85. The first-order valence-corrected chi connectivity index (χ1v) is 12.7. The van der Waals surface area contributed by atoms with Gasteiger partial charge in [0.2, 0.25) is 0 Å². The van der Waals surface area contributed by atoms with E-state index in [1.807, 2.05) is 49.5 Å². The van der Waals surface area contributed by atoms with Gasteiger partial charge >= 0.3 is 0 Å². The maximum absolute atomic E-state index is 6.29. The predicted octanol–water partition coefficient (Wildman–Crippen LogP) is 4.74. The van der Waals surface area contributed by atoms with Crippen molar-refractivity contribution in [2.24, 2.45) is 7.05 Å². The Morgan fingerprint density at radius 3 is 2.66 bits per heavy atom. The second-order valence-corrected chi connectivity index (χ2v) is 9.41. The number of hydrogen-bond acceptors (Lipinski definition) is 7. The zero-order chi connectivity index (χ0) is 26.2. The van der Waals surface area contributed by atoms with Crippen molar-refractivity contribution in [3.05, 3.63) is 84.3 Å². The Morgan fingerprint density at radius 1 is 1.00 bits per heavy atom. The third-order valence-corrected chi connectivity index (χ3v) is 6.92. The zero-order valence-electron chi connectivity index (χ0n) is 21.7. The standard InChI is InChI=1S/C29H29N9/c1-4-20-13-25(31-2)22-8-7-18(12-26(22)35-20)5-6-19-11-21(15-32-14-19)38-16-23(24-9-10-37(3)36-24)27-28(30)33-17-34-29(27)38/h7-17H,4-6H2,1-3H3,(H,31,35)(H2,30,33,34). The van der Waals surface area contributed by atoms with Crippen molar-refractivity contribution in [3.8, 4) is 16.9 Å². The van der Waals surface area contributed by atoms with Crippen molar-refractivity contribution in [3.63, 3.8) is 0 Å². The third-order valence-electron chi connectivity index (χ3n) is 6.92. The van der Waals surface area contributed by atoms with Crippen molar-refractivity contribution < 1.29 is 0 Å². The van der Waals surface area contributed by atoms with E-state index >= 15 is 0 Å². The van der Waals surface area contributed by atoms with Crippen molar-refractivity contribution in [1.82, 2.24) is 34.3 Å². The molecule has 0 spiro atoms. The minimum Gasteiger partial charge on any atom is -0.388 e. The van der Waals surface area contributed by atoms with Gasteiger partial charge in [-0.05, 0) is 54.7 Å². The summed E-state index contributed by atoms with van der Waals surface area (Å²) in [4.78, 5) is 18.2. The summed E-state index contributed by atoms with van der Waals surface area (Å²) >= 11 is 0. The van der Waals surface area contributed by atoms with Gasteiger partial charge in [0.25, 0.3) is 0 Å². The second-order valence-electron chi connectivity index (χ2n) is 9.41. The molecule has 0 fully saturated rings. The summed E-state index contributed by atoms with van der Waals surface area (Å²) in [5.74, 6) is 0.427. The second kappa shape index (κ2) is 9.59. The SMILES string of the molecule is CCc1cc(NC)c2ccc(CCc3cncc(-n4cc(-c5ccn(C)n5)c5c(N)ncnc54)c3)cc2n1. The number of hydrogen-bond donors (Lipinski definition) is 2. The number of nitrogens with zero attached hydrogens (tertiary/aromatic N) is 7. The molecule has 0 amide bonds. The van der Waals surface area contributed by atoms with Gasteiger partial charge in [0, 0.05) is 55.0 Å². The van der Waals surface area contributed by atoms with Gasteiger partial charge in [-0.25, -0.2) is 9.97 Å². The predicted molar refractivity (Wildman–Crippen MR) is 151 cm³/mol. The number of pyridine rings is 2. The minimum atomic E-state index is 0.427. The van der Waals surface area contributed by atoms with Crippen LogP contribution in [0.5, 0.6) is 0 Å². The lowest BCUT2D eigenvalue weighted by atomic mass is 10.0. The summed E-state index contributed by atoms with van der Waals surface area (Å²) in [5.41, 5.74) is 15.2. The molecular formula is C29H29N9. The largest absolute Gasteiger partial charge is 0.388 e. The topological polar surface area (TPSA) is 112 Å². The van der Waals surface area contributed by atoms with Crippen LogP contribution in [-0.2, 0) is 26.3 Å².